The van der Waals surface area contributed by atoms with Crippen molar-refractivity contribution in [2.75, 3.05) is 20.0 Å². The highest BCUT2D eigenvalue weighted by Gasteiger charge is 2.34. The molecule has 0 aromatic rings. The van der Waals surface area contributed by atoms with Crippen LogP contribution in [0.2, 0.25) is 0 Å². The zero-order chi connectivity index (χ0) is 10.7. The first-order chi connectivity index (χ1) is 7.33. The largest absolute Gasteiger partial charge is 0.383 e. The predicted octanol–water partition coefficient (Wildman–Crippen LogP) is 2.29. The molecule has 0 aromatic heterocycles. The fraction of sp³-hybridized carbons (Fsp3) is 1.00. The van der Waals surface area contributed by atoms with Gasteiger partial charge in [0.15, 0.2) is 0 Å². The molecule has 0 spiro atoms. The van der Waals surface area contributed by atoms with Crippen molar-refractivity contribution in [1.82, 2.24) is 5.32 Å². The van der Waals surface area contributed by atoms with Crippen LogP contribution in [0.3, 0.4) is 0 Å². The zero-order valence-corrected chi connectivity index (χ0v) is 10.7. The van der Waals surface area contributed by atoms with Crippen LogP contribution in [0.25, 0.3) is 0 Å². The smallest absolute Gasteiger partial charge is 0.0618 e. The fourth-order valence-corrected chi connectivity index (χ4v) is 3.40. The number of thioether (sulfide) groups is 1. The Morgan fingerprint density at radius 1 is 1.33 bits per heavy atom. The summed E-state index contributed by atoms with van der Waals surface area (Å²) in [4.78, 5) is 0. The molecule has 3 unspecified atom stereocenters. The van der Waals surface area contributed by atoms with Gasteiger partial charge in [0.2, 0.25) is 0 Å². The zero-order valence-electron chi connectivity index (χ0n) is 9.87. The lowest BCUT2D eigenvalue weighted by molar-refractivity contribution is 0.151. The number of ether oxygens (including phenoxy) is 1. The molecule has 0 saturated heterocycles. The molecule has 2 aliphatic rings. The first kappa shape index (κ1) is 11.7. The van der Waals surface area contributed by atoms with Crippen molar-refractivity contribution in [3.05, 3.63) is 0 Å². The van der Waals surface area contributed by atoms with Crippen LogP contribution in [0.15, 0.2) is 0 Å². The van der Waals surface area contributed by atoms with Gasteiger partial charge in [-0.15, -0.1) is 0 Å². The van der Waals surface area contributed by atoms with Gasteiger partial charge in [0.1, 0.15) is 0 Å². The molecule has 88 valence electrons. The van der Waals surface area contributed by atoms with Crippen LogP contribution < -0.4 is 5.32 Å². The van der Waals surface area contributed by atoms with Crippen molar-refractivity contribution < 1.29 is 4.74 Å². The van der Waals surface area contributed by atoms with E-state index in [1.807, 2.05) is 18.9 Å². The molecule has 0 amide bonds. The summed E-state index contributed by atoms with van der Waals surface area (Å²) in [5.74, 6) is 0.901. The van der Waals surface area contributed by atoms with E-state index in [4.69, 9.17) is 4.74 Å². The number of methoxy groups -OCH3 is 1. The summed E-state index contributed by atoms with van der Waals surface area (Å²) in [6.07, 6.45) is 9.15. The van der Waals surface area contributed by atoms with Crippen molar-refractivity contribution >= 4 is 11.8 Å². The average Bonchev–Trinajstić information content (AvgIpc) is 2.99. The maximum atomic E-state index is 5.30. The molecule has 15 heavy (non-hydrogen) atoms. The molecular formula is C12H23NOS. The predicted molar refractivity (Wildman–Crippen MR) is 66.5 cm³/mol. The molecular weight excluding hydrogens is 206 g/mol. The highest BCUT2D eigenvalue weighted by Crippen LogP contribution is 2.35. The Labute approximate surface area is 97.5 Å². The molecule has 2 fully saturated rings. The third-order valence-electron chi connectivity index (χ3n) is 3.70. The molecule has 2 nitrogen and oxygen atoms in total. The molecule has 0 radical (unpaired) electrons. The quantitative estimate of drug-likeness (QED) is 0.755. The minimum atomic E-state index is 0.626. The molecule has 1 N–H and O–H groups in total. The molecule has 3 heteroatoms. The summed E-state index contributed by atoms with van der Waals surface area (Å²) < 4.78 is 5.30. The van der Waals surface area contributed by atoms with E-state index in [9.17, 15) is 0 Å². The van der Waals surface area contributed by atoms with Gasteiger partial charge in [-0.05, 0) is 44.3 Å². The molecule has 0 bridgehead atoms. The Bertz CT molecular complexity index is 196. The van der Waals surface area contributed by atoms with E-state index in [0.29, 0.717) is 6.04 Å². The summed E-state index contributed by atoms with van der Waals surface area (Å²) in [5, 5.41) is 4.70. The Hall–Kier alpha value is 0.270. The molecule has 0 aliphatic heterocycles. The van der Waals surface area contributed by atoms with Crippen LogP contribution in [0, 0.1) is 5.92 Å². The van der Waals surface area contributed by atoms with Crippen molar-refractivity contribution in [2.24, 2.45) is 5.92 Å². The van der Waals surface area contributed by atoms with E-state index in [1.165, 1.54) is 32.1 Å². The normalized spacial score (nSPS) is 33.2. The molecule has 2 saturated carbocycles. The number of hydrogen-bond donors (Lipinski definition) is 1. The summed E-state index contributed by atoms with van der Waals surface area (Å²) in [7, 11) is 1.82. The third-order valence-corrected chi connectivity index (χ3v) is 4.80. The highest BCUT2D eigenvalue weighted by molar-refractivity contribution is 7.99. The standard InChI is InChI=1S/C12H23NOS/c1-14-8-12(9-3-4-9)13-10-5-6-11(7-10)15-2/h9-13H,3-8H2,1-2H3. The third kappa shape index (κ3) is 3.36. The summed E-state index contributed by atoms with van der Waals surface area (Å²) in [6.45, 7) is 0.894. The number of nitrogens with one attached hydrogen (secondary N) is 1. The second-order valence-corrected chi connectivity index (χ2v) is 6.07. The lowest BCUT2D eigenvalue weighted by Gasteiger charge is -2.22. The lowest BCUT2D eigenvalue weighted by atomic mass is 10.1. The summed E-state index contributed by atoms with van der Waals surface area (Å²) in [6, 6.07) is 1.38. The molecule has 2 rings (SSSR count). The lowest BCUT2D eigenvalue weighted by Crippen LogP contribution is -2.41. The maximum absolute atomic E-state index is 5.30. The van der Waals surface area contributed by atoms with Gasteiger partial charge in [-0.3, -0.25) is 0 Å². The fourth-order valence-electron chi connectivity index (χ4n) is 2.61. The van der Waals surface area contributed by atoms with Crippen molar-refractivity contribution in [1.29, 1.82) is 0 Å². The number of rotatable bonds is 6. The summed E-state index contributed by atoms with van der Waals surface area (Å²) in [5.41, 5.74) is 0. The highest BCUT2D eigenvalue weighted by atomic mass is 32.2. The van der Waals surface area contributed by atoms with Gasteiger partial charge in [0, 0.05) is 24.4 Å². The van der Waals surface area contributed by atoms with Gasteiger partial charge in [-0.1, -0.05) is 0 Å². The monoisotopic (exact) mass is 229 g/mol. The van der Waals surface area contributed by atoms with Crippen LogP contribution in [0.5, 0.6) is 0 Å². The Morgan fingerprint density at radius 3 is 2.67 bits per heavy atom. The summed E-state index contributed by atoms with van der Waals surface area (Å²) >= 11 is 2.03. The Balaban J connectivity index is 1.74. The molecule has 2 aliphatic carbocycles. The van der Waals surface area contributed by atoms with Gasteiger partial charge < -0.3 is 10.1 Å². The van der Waals surface area contributed by atoms with Crippen LogP contribution >= 0.6 is 11.8 Å². The van der Waals surface area contributed by atoms with E-state index in [0.717, 1.165) is 23.8 Å². The van der Waals surface area contributed by atoms with Crippen molar-refractivity contribution in [3.63, 3.8) is 0 Å². The first-order valence-electron chi connectivity index (χ1n) is 6.11. The Morgan fingerprint density at radius 2 is 2.13 bits per heavy atom. The second-order valence-electron chi connectivity index (χ2n) is 4.93. The van der Waals surface area contributed by atoms with Gasteiger partial charge in [0.05, 0.1) is 6.61 Å². The van der Waals surface area contributed by atoms with Crippen LogP contribution in [0.4, 0.5) is 0 Å². The van der Waals surface area contributed by atoms with Crippen LogP contribution in [-0.4, -0.2) is 37.3 Å². The van der Waals surface area contributed by atoms with Crippen LogP contribution in [-0.2, 0) is 4.74 Å². The number of hydrogen-bond acceptors (Lipinski definition) is 3. The molecule has 0 heterocycles. The van der Waals surface area contributed by atoms with Crippen molar-refractivity contribution in [3.8, 4) is 0 Å². The molecule has 0 aromatic carbocycles. The minimum Gasteiger partial charge on any atom is -0.383 e. The SMILES string of the molecule is COCC(NC1CCC(SC)C1)C1CC1. The van der Waals surface area contributed by atoms with E-state index in [-0.39, 0.29) is 0 Å². The van der Waals surface area contributed by atoms with Gasteiger partial charge >= 0.3 is 0 Å². The van der Waals surface area contributed by atoms with E-state index in [1.54, 1.807) is 0 Å². The van der Waals surface area contributed by atoms with Gasteiger partial charge in [-0.25, -0.2) is 0 Å². The minimum absolute atomic E-state index is 0.626. The topological polar surface area (TPSA) is 21.3 Å². The van der Waals surface area contributed by atoms with Gasteiger partial charge in [0.25, 0.3) is 0 Å². The van der Waals surface area contributed by atoms with E-state index >= 15 is 0 Å². The Kier molecular flexibility index (Phi) is 4.35. The van der Waals surface area contributed by atoms with E-state index < -0.39 is 0 Å². The average molecular weight is 229 g/mol. The van der Waals surface area contributed by atoms with Crippen molar-refractivity contribution in [2.45, 2.75) is 49.4 Å². The first-order valence-corrected chi connectivity index (χ1v) is 7.40. The maximum Gasteiger partial charge on any atom is 0.0618 e. The van der Waals surface area contributed by atoms with Crippen LogP contribution in [0.1, 0.15) is 32.1 Å². The molecule has 3 atom stereocenters. The van der Waals surface area contributed by atoms with E-state index in [2.05, 4.69) is 11.6 Å². The van der Waals surface area contributed by atoms with Gasteiger partial charge in [-0.2, -0.15) is 11.8 Å². The second kappa shape index (κ2) is 5.55.